The Kier molecular flexibility index (Phi) is 6.09. The van der Waals surface area contributed by atoms with Crippen LogP contribution in [0, 0.1) is 0 Å². The molecule has 29 heavy (non-hydrogen) atoms. The van der Waals surface area contributed by atoms with E-state index in [1.807, 2.05) is 42.6 Å². The molecule has 1 aromatic heterocycles. The minimum Gasteiger partial charge on any atom is -0.508 e. The van der Waals surface area contributed by atoms with Crippen molar-refractivity contribution in [3.8, 4) is 5.75 Å². The first-order valence-corrected chi connectivity index (χ1v) is 10.3. The van der Waals surface area contributed by atoms with Crippen molar-refractivity contribution < 1.29 is 10.2 Å². The van der Waals surface area contributed by atoms with Gasteiger partial charge >= 0.3 is 0 Å². The van der Waals surface area contributed by atoms with Crippen LogP contribution in [0.4, 0.5) is 0 Å². The molecule has 1 saturated heterocycles. The molecule has 1 aliphatic rings. The molecule has 0 spiro atoms. The fraction of sp³-hybridized carbons (Fsp3) is 0.375. The number of aromatic hydroxyl groups is 1. The van der Waals surface area contributed by atoms with Crippen molar-refractivity contribution in [1.29, 1.82) is 0 Å². The number of aliphatic hydroxyl groups is 1. The Morgan fingerprint density at radius 1 is 1.10 bits per heavy atom. The fourth-order valence-electron chi connectivity index (χ4n) is 4.36. The van der Waals surface area contributed by atoms with E-state index in [0.29, 0.717) is 18.8 Å². The highest BCUT2D eigenvalue weighted by Gasteiger charge is 2.30. The van der Waals surface area contributed by atoms with Crippen LogP contribution in [0.15, 0.2) is 60.8 Å². The highest BCUT2D eigenvalue weighted by atomic mass is 16.3. The topological polar surface area (TPSA) is 59.8 Å². The third-order valence-corrected chi connectivity index (χ3v) is 6.04. The maximum atomic E-state index is 10.8. The van der Waals surface area contributed by atoms with Gasteiger partial charge in [-0.15, -0.1) is 0 Å². The average Bonchev–Trinajstić information content (AvgIpc) is 2.75. The van der Waals surface area contributed by atoms with E-state index >= 15 is 0 Å². The van der Waals surface area contributed by atoms with Gasteiger partial charge in [-0.3, -0.25) is 9.88 Å². The zero-order valence-corrected chi connectivity index (χ0v) is 16.9. The van der Waals surface area contributed by atoms with Gasteiger partial charge < -0.3 is 15.1 Å². The Balaban J connectivity index is 1.37. The van der Waals surface area contributed by atoms with Crippen LogP contribution in [0.1, 0.15) is 17.7 Å². The van der Waals surface area contributed by atoms with Gasteiger partial charge in [0.05, 0.1) is 6.10 Å². The van der Waals surface area contributed by atoms with E-state index in [-0.39, 0.29) is 6.04 Å². The molecule has 152 valence electrons. The third-order valence-electron chi connectivity index (χ3n) is 6.04. The molecule has 0 radical (unpaired) electrons. The van der Waals surface area contributed by atoms with Crippen molar-refractivity contribution in [3.63, 3.8) is 0 Å². The Morgan fingerprint density at radius 3 is 2.72 bits per heavy atom. The van der Waals surface area contributed by atoms with Crippen LogP contribution < -0.4 is 0 Å². The van der Waals surface area contributed by atoms with Gasteiger partial charge in [0.1, 0.15) is 5.75 Å². The molecule has 5 heteroatoms. The lowest BCUT2D eigenvalue weighted by Crippen LogP contribution is -2.53. The maximum absolute atomic E-state index is 10.8. The minimum absolute atomic E-state index is 0.149. The van der Waals surface area contributed by atoms with Crippen LogP contribution in [0.25, 0.3) is 10.8 Å². The number of fused-ring (bicyclic) bond motifs is 1. The second-order valence-electron chi connectivity index (χ2n) is 7.99. The number of pyridine rings is 1. The van der Waals surface area contributed by atoms with Gasteiger partial charge in [0.2, 0.25) is 0 Å². The molecule has 0 aliphatic carbocycles. The lowest BCUT2D eigenvalue weighted by Gasteiger charge is -2.40. The fourth-order valence-corrected chi connectivity index (χ4v) is 4.36. The summed E-state index contributed by atoms with van der Waals surface area (Å²) < 4.78 is 0. The van der Waals surface area contributed by atoms with E-state index in [9.17, 15) is 10.2 Å². The number of hydrogen-bond acceptors (Lipinski definition) is 5. The van der Waals surface area contributed by atoms with E-state index < -0.39 is 6.10 Å². The Hall–Kier alpha value is -2.47. The number of phenols is 1. The molecule has 1 aliphatic heterocycles. The number of piperidine rings is 1. The minimum atomic E-state index is -0.408. The second kappa shape index (κ2) is 8.91. The molecular weight excluding hydrogens is 362 g/mol. The van der Waals surface area contributed by atoms with Crippen molar-refractivity contribution >= 4 is 10.8 Å². The predicted molar refractivity (Wildman–Crippen MR) is 116 cm³/mol. The standard InChI is InChI=1S/C24H29N3O2/c1-26(14-11-19-7-4-5-13-25-19)22-12-15-27(17-24(22)29)16-21-20-8-3-2-6-18(20)9-10-23(21)28/h2-10,13,22,24,28-29H,11-12,14-17H2,1H3/t22-,24-/m1/s1. The molecule has 0 saturated carbocycles. The number of likely N-dealkylation sites (tertiary alicyclic amines) is 1. The molecule has 2 N–H and O–H groups in total. The van der Waals surface area contributed by atoms with E-state index in [1.165, 1.54) is 0 Å². The summed E-state index contributed by atoms with van der Waals surface area (Å²) in [4.78, 5) is 8.89. The summed E-state index contributed by atoms with van der Waals surface area (Å²) in [5.74, 6) is 0.327. The molecule has 4 rings (SSSR count). The Bertz CT molecular complexity index is 947. The Morgan fingerprint density at radius 2 is 1.93 bits per heavy atom. The summed E-state index contributed by atoms with van der Waals surface area (Å²) in [6.07, 6.45) is 3.21. The van der Waals surface area contributed by atoms with E-state index in [1.54, 1.807) is 6.07 Å². The van der Waals surface area contributed by atoms with Crippen molar-refractivity contribution in [2.24, 2.45) is 0 Å². The van der Waals surface area contributed by atoms with E-state index in [0.717, 1.165) is 48.0 Å². The quantitative estimate of drug-likeness (QED) is 0.676. The zero-order valence-electron chi connectivity index (χ0n) is 16.9. The zero-order chi connectivity index (χ0) is 20.2. The number of aromatic nitrogens is 1. The van der Waals surface area contributed by atoms with Gasteiger partial charge in [-0.1, -0.05) is 36.4 Å². The van der Waals surface area contributed by atoms with Crippen molar-refractivity contribution in [1.82, 2.24) is 14.8 Å². The molecule has 2 aromatic carbocycles. The van der Waals surface area contributed by atoms with Crippen molar-refractivity contribution in [3.05, 3.63) is 72.1 Å². The van der Waals surface area contributed by atoms with Crippen molar-refractivity contribution in [2.75, 3.05) is 26.7 Å². The highest BCUT2D eigenvalue weighted by molar-refractivity contribution is 5.87. The highest BCUT2D eigenvalue weighted by Crippen LogP contribution is 2.29. The summed E-state index contributed by atoms with van der Waals surface area (Å²) in [5.41, 5.74) is 2.02. The smallest absolute Gasteiger partial charge is 0.120 e. The second-order valence-corrected chi connectivity index (χ2v) is 7.99. The first-order valence-electron chi connectivity index (χ1n) is 10.3. The molecule has 5 nitrogen and oxygen atoms in total. The molecule has 0 unspecified atom stereocenters. The molecule has 1 fully saturated rings. The third kappa shape index (κ3) is 4.58. The van der Waals surface area contributed by atoms with Crippen LogP contribution in [-0.2, 0) is 13.0 Å². The van der Waals surface area contributed by atoms with Gasteiger partial charge in [0.15, 0.2) is 0 Å². The normalized spacial score (nSPS) is 20.4. The average molecular weight is 392 g/mol. The van der Waals surface area contributed by atoms with Gasteiger partial charge in [0, 0.05) is 56.1 Å². The summed E-state index contributed by atoms with van der Waals surface area (Å²) in [6, 6.07) is 18.0. The molecule has 3 aromatic rings. The summed E-state index contributed by atoms with van der Waals surface area (Å²) >= 11 is 0. The molecule has 0 bridgehead atoms. The van der Waals surface area contributed by atoms with Crippen LogP contribution in [0.3, 0.4) is 0 Å². The number of hydrogen-bond donors (Lipinski definition) is 2. The lowest BCUT2D eigenvalue weighted by molar-refractivity contribution is -0.00625. The summed E-state index contributed by atoms with van der Waals surface area (Å²) in [7, 11) is 2.09. The SMILES string of the molecule is CN(CCc1ccccn1)[C@@H]1CCN(Cc2c(O)ccc3ccccc23)C[C@H]1O. The van der Waals surface area contributed by atoms with Gasteiger partial charge in [-0.25, -0.2) is 0 Å². The first-order chi connectivity index (χ1) is 14.1. The van der Waals surface area contributed by atoms with Crippen LogP contribution >= 0.6 is 0 Å². The van der Waals surface area contributed by atoms with Crippen LogP contribution in [0.5, 0.6) is 5.75 Å². The van der Waals surface area contributed by atoms with E-state index in [4.69, 9.17) is 0 Å². The molecule has 0 amide bonds. The van der Waals surface area contributed by atoms with Gasteiger partial charge in [-0.2, -0.15) is 0 Å². The number of likely N-dealkylation sites (N-methyl/N-ethyl adjacent to an activating group) is 1. The number of aliphatic hydroxyl groups excluding tert-OH is 1. The number of rotatable bonds is 6. The van der Waals surface area contributed by atoms with Gasteiger partial charge in [0.25, 0.3) is 0 Å². The molecule has 2 heterocycles. The maximum Gasteiger partial charge on any atom is 0.120 e. The Labute approximate surface area is 172 Å². The summed E-state index contributed by atoms with van der Waals surface area (Å²) in [6.45, 7) is 3.04. The number of benzene rings is 2. The predicted octanol–water partition coefficient (Wildman–Crippen LogP) is 3.05. The van der Waals surface area contributed by atoms with E-state index in [2.05, 4.69) is 34.0 Å². The number of phenolic OH excluding ortho intramolecular Hbond substituents is 1. The first kappa shape index (κ1) is 19.8. The van der Waals surface area contributed by atoms with Crippen LogP contribution in [-0.4, -0.2) is 63.8 Å². The number of nitrogens with zero attached hydrogens (tertiary/aromatic N) is 3. The molecular formula is C24H29N3O2. The van der Waals surface area contributed by atoms with Crippen LogP contribution in [0.2, 0.25) is 0 Å². The number of β-amino-alcohol motifs (C(OH)–C–C–N with tert-alkyl or cyclic N) is 1. The lowest BCUT2D eigenvalue weighted by atomic mass is 9.98. The largest absolute Gasteiger partial charge is 0.508 e. The van der Waals surface area contributed by atoms with Crippen molar-refractivity contribution in [2.45, 2.75) is 31.5 Å². The molecule has 2 atom stereocenters. The monoisotopic (exact) mass is 391 g/mol. The van der Waals surface area contributed by atoms with Gasteiger partial charge in [-0.05, 0) is 42.4 Å². The summed E-state index contributed by atoms with van der Waals surface area (Å²) in [5, 5.41) is 23.4.